The van der Waals surface area contributed by atoms with Crippen LogP contribution < -0.4 is 0 Å². The number of carbonyl (C=O) groups excluding carboxylic acids is 1. The van der Waals surface area contributed by atoms with Crippen LogP contribution in [0.2, 0.25) is 0 Å². The van der Waals surface area contributed by atoms with Crippen LogP contribution in [0.5, 0.6) is 0 Å². The molecule has 6 heteroatoms. The Bertz CT molecular complexity index is 665. The zero-order valence-electron chi connectivity index (χ0n) is 10.7. The van der Waals surface area contributed by atoms with Gasteiger partial charge in [0.15, 0.2) is 15.4 Å². The highest BCUT2D eigenvalue weighted by atomic mass is 32.2. The fourth-order valence-corrected chi connectivity index (χ4v) is 4.55. The summed E-state index contributed by atoms with van der Waals surface area (Å²) in [5, 5.41) is 0. The van der Waals surface area contributed by atoms with E-state index in [-0.39, 0.29) is 17.1 Å². The standard InChI is InChI=1S/C13H14O5S/c1-12(11(14)17-2)13(18-12)7-8-19(15,16)10-6-4-3-5-9(10)13/h3-6H,7-8H2,1-2H3. The van der Waals surface area contributed by atoms with Crippen LogP contribution in [0.1, 0.15) is 18.9 Å². The van der Waals surface area contributed by atoms with Crippen molar-refractivity contribution >= 4 is 15.8 Å². The largest absolute Gasteiger partial charge is 0.467 e. The van der Waals surface area contributed by atoms with Gasteiger partial charge >= 0.3 is 5.97 Å². The highest BCUT2D eigenvalue weighted by Crippen LogP contribution is 2.61. The van der Waals surface area contributed by atoms with Crippen molar-refractivity contribution in [3.63, 3.8) is 0 Å². The highest BCUT2D eigenvalue weighted by molar-refractivity contribution is 7.91. The van der Waals surface area contributed by atoms with Gasteiger partial charge in [0.05, 0.1) is 17.8 Å². The van der Waals surface area contributed by atoms with Gasteiger partial charge in [-0.2, -0.15) is 0 Å². The molecule has 0 bridgehead atoms. The van der Waals surface area contributed by atoms with Gasteiger partial charge in [-0.3, -0.25) is 0 Å². The molecule has 3 rings (SSSR count). The lowest BCUT2D eigenvalue weighted by molar-refractivity contribution is -0.146. The zero-order chi connectivity index (χ0) is 13.9. The average molecular weight is 282 g/mol. The summed E-state index contributed by atoms with van der Waals surface area (Å²) in [6.07, 6.45) is 0.276. The third kappa shape index (κ3) is 1.44. The molecule has 0 amide bonds. The summed E-state index contributed by atoms with van der Waals surface area (Å²) in [5.41, 5.74) is -1.38. The molecule has 1 saturated heterocycles. The Labute approximate surface area is 111 Å². The van der Waals surface area contributed by atoms with E-state index in [0.717, 1.165) is 0 Å². The van der Waals surface area contributed by atoms with Gasteiger partial charge in [0.1, 0.15) is 5.60 Å². The minimum atomic E-state index is -3.29. The normalized spacial score (nSPS) is 34.6. The van der Waals surface area contributed by atoms with E-state index in [1.807, 2.05) is 0 Å². The van der Waals surface area contributed by atoms with Crippen LogP contribution in [0.4, 0.5) is 0 Å². The topological polar surface area (TPSA) is 73.0 Å². The third-order valence-electron chi connectivity index (χ3n) is 4.06. The van der Waals surface area contributed by atoms with Crippen molar-refractivity contribution in [3.05, 3.63) is 29.8 Å². The van der Waals surface area contributed by atoms with Gasteiger partial charge in [-0.05, 0) is 19.4 Å². The van der Waals surface area contributed by atoms with E-state index in [1.165, 1.54) is 7.11 Å². The van der Waals surface area contributed by atoms with Crippen molar-refractivity contribution in [3.8, 4) is 0 Å². The molecule has 2 unspecified atom stereocenters. The summed E-state index contributed by atoms with van der Waals surface area (Å²) in [4.78, 5) is 12.1. The number of sulfone groups is 1. The predicted octanol–water partition coefficient (Wildman–Crippen LogP) is 1.02. The molecule has 1 aromatic carbocycles. The summed E-state index contributed by atoms with van der Waals surface area (Å²) in [6.45, 7) is 1.65. The third-order valence-corrected chi connectivity index (χ3v) is 5.83. The lowest BCUT2D eigenvalue weighted by Crippen LogP contribution is -2.36. The number of epoxide rings is 1. The maximum Gasteiger partial charge on any atom is 0.341 e. The molecule has 0 saturated carbocycles. The molecule has 2 aliphatic rings. The Morgan fingerprint density at radius 1 is 1.37 bits per heavy atom. The van der Waals surface area contributed by atoms with Gasteiger partial charge in [0.25, 0.3) is 0 Å². The molecule has 2 aliphatic heterocycles. The molecule has 1 spiro atoms. The van der Waals surface area contributed by atoms with Gasteiger partial charge < -0.3 is 9.47 Å². The van der Waals surface area contributed by atoms with E-state index in [9.17, 15) is 13.2 Å². The van der Waals surface area contributed by atoms with Crippen LogP contribution in [0, 0.1) is 0 Å². The van der Waals surface area contributed by atoms with Crippen LogP contribution in [-0.4, -0.2) is 32.9 Å². The second kappa shape index (κ2) is 3.58. The van der Waals surface area contributed by atoms with E-state index in [4.69, 9.17) is 9.47 Å². The first-order chi connectivity index (χ1) is 8.87. The molecular weight excluding hydrogens is 268 g/mol. The van der Waals surface area contributed by atoms with Crippen LogP contribution in [0.15, 0.2) is 29.2 Å². The van der Waals surface area contributed by atoms with Gasteiger partial charge in [-0.15, -0.1) is 0 Å². The number of ether oxygens (including phenoxy) is 2. The van der Waals surface area contributed by atoms with Crippen molar-refractivity contribution in [1.82, 2.24) is 0 Å². The molecule has 19 heavy (non-hydrogen) atoms. The molecule has 5 nitrogen and oxygen atoms in total. The molecule has 2 atom stereocenters. The maximum absolute atomic E-state index is 12.1. The SMILES string of the molecule is COC(=O)C1(C)OC12CCS(=O)(=O)c1ccccc12. The van der Waals surface area contributed by atoms with Crippen LogP contribution in [0.25, 0.3) is 0 Å². The number of esters is 1. The van der Waals surface area contributed by atoms with Crippen LogP contribution >= 0.6 is 0 Å². The fourth-order valence-electron chi connectivity index (χ4n) is 2.92. The summed E-state index contributed by atoms with van der Waals surface area (Å²) in [6, 6.07) is 6.69. The highest BCUT2D eigenvalue weighted by Gasteiger charge is 2.75. The fraction of sp³-hybridized carbons (Fsp3) is 0.462. The number of rotatable bonds is 1. The summed E-state index contributed by atoms with van der Waals surface area (Å²) >= 11 is 0. The van der Waals surface area contributed by atoms with Gasteiger partial charge in [-0.1, -0.05) is 18.2 Å². The van der Waals surface area contributed by atoms with Crippen molar-refractivity contribution in [2.45, 2.75) is 29.4 Å². The lowest BCUT2D eigenvalue weighted by Gasteiger charge is -2.24. The Hall–Kier alpha value is -1.40. The molecule has 102 valence electrons. The lowest BCUT2D eigenvalue weighted by atomic mass is 9.84. The Morgan fingerprint density at radius 3 is 2.74 bits per heavy atom. The number of carbonyl (C=O) groups is 1. The minimum Gasteiger partial charge on any atom is -0.467 e. The van der Waals surface area contributed by atoms with E-state index in [1.54, 1.807) is 31.2 Å². The summed E-state index contributed by atoms with van der Waals surface area (Å²) in [5.74, 6) is -0.488. The van der Waals surface area contributed by atoms with Crippen molar-refractivity contribution < 1.29 is 22.7 Å². The number of hydrogen-bond donors (Lipinski definition) is 0. The average Bonchev–Trinajstić information content (AvgIpc) is 3.02. The predicted molar refractivity (Wildman–Crippen MR) is 66.3 cm³/mol. The zero-order valence-corrected chi connectivity index (χ0v) is 11.5. The summed E-state index contributed by atoms with van der Waals surface area (Å²) in [7, 11) is -1.99. The number of hydrogen-bond acceptors (Lipinski definition) is 5. The second-order valence-corrected chi connectivity index (χ2v) is 7.10. The van der Waals surface area contributed by atoms with E-state index < -0.39 is 27.0 Å². The monoisotopic (exact) mass is 282 g/mol. The number of methoxy groups -OCH3 is 1. The Kier molecular flexibility index (Phi) is 2.38. The Morgan fingerprint density at radius 2 is 2.05 bits per heavy atom. The van der Waals surface area contributed by atoms with Gasteiger partial charge in [0.2, 0.25) is 0 Å². The van der Waals surface area contributed by atoms with Gasteiger partial charge in [-0.25, -0.2) is 13.2 Å². The molecule has 1 aromatic rings. The Balaban J connectivity index is 2.17. The van der Waals surface area contributed by atoms with Crippen LogP contribution in [-0.2, 0) is 29.7 Å². The molecule has 1 fully saturated rings. The molecule has 0 radical (unpaired) electrons. The minimum absolute atomic E-state index is 0.0173. The molecule has 0 aliphatic carbocycles. The maximum atomic E-state index is 12.1. The smallest absolute Gasteiger partial charge is 0.341 e. The molecule has 0 aromatic heterocycles. The first-order valence-electron chi connectivity index (χ1n) is 5.98. The first kappa shape index (κ1) is 12.6. The van der Waals surface area contributed by atoms with Crippen LogP contribution in [0.3, 0.4) is 0 Å². The van der Waals surface area contributed by atoms with E-state index in [0.29, 0.717) is 5.56 Å². The number of fused-ring (bicyclic) bond motifs is 2. The van der Waals surface area contributed by atoms with Crippen molar-refractivity contribution in [2.24, 2.45) is 0 Å². The molecule has 2 heterocycles. The molecule has 0 N–H and O–H groups in total. The summed E-state index contributed by atoms with van der Waals surface area (Å²) < 4.78 is 34.6. The van der Waals surface area contributed by atoms with Gasteiger partial charge in [0, 0.05) is 5.56 Å². The van der Waals surface area contributed by atoms with Crippen molar-refractivity contribution in [1.29, 1.82) is 0 Å². The van der Waals surface area contributed by atoms with Crippen molar-refractivity contribution in [2.75, 3.05) is 12.9 Å². The number of benzene rings is 1. The first-order valence-corrected chi connectivity index (χ1v) is 7.63. The van der Waals surface area contributed by atoms with E-state index in [2.05, 4.69) is 0 Å². The van der Waals surface area contributed by atoms with E-state index >= 15 is 0 Å². The molecular formula is C13H14O5S. The quantitative estimate of drug-likeness (QED) is 0.568. The second-order valence-electron chi connectivity index (χ2n) is 5.02.